The number of hydrogen-bond acceptors (Lipinski definition) is 4. The molecule has 31 heavy (non-hydrogen) atoms. The van der Waals surface area contributed by atoms with Crippen LogP contribution in [-0.4, -0.2) is 79.1 Å². The molecule has 0 aliphatic carbocycles. The van der Waals surface area contributed by atoms with E-state index in [1.165, 1.54) is 0 Å². The zero-order valence-electron chi connectivity index (χ0n) is 18.5. The predicted molar refractivity (Wildman–Crippen MR) is 114 cm³/mol. The number of carbonyl (C=O) groups is 1. The summed E-state index contributed by atoms with van der Waals surface area (Å²) in [5, 5.41) is 0. The Morgan fingerprint density at radius 2 is 1.77 bits per heavy atom. The van der Waals surface area contributed by atoms with Gasteiger partial charge in [-0.25, -0.2) is 0 Å². The first kappa shape index (κ1) is 24.0. The third-order valence-corrected chi connectivity index (χ3v) is 6.44. The van der Waals surface area contributed by atoms with Crippen molar-refractivity contribution in [2.45, 2.75) is 57.4 Å². The normalized spacial score (nSPS) is 21.1. The topological polar surface area (TPSA) is 36.0 Å². The summed E-state index contributed by atoms with van der Waals surface area (Å²) in [5.74, 6) is 0.135. The highest BCUT2D eigenvalue weighted by atomic mass is 19.4. The van der Waals surface area contributed by atoms with Crippen molar-refractivity contribution in [1.82, 2.24) is 14.7 Å². The molecule has 5 nitrogen and oxygen atoms in total. The number of nitrogens with zero attached hydrogens (tertiary/aromatic N) is 3. The van der Waals surface area contributed by atoms with Crippen molar-refractivity contribution in [2.24, 2.45) is 0 Å². The van der Waals surface area contributed by atoms with Gasteiger partial charge in [-0.3, -0.25) is 9.69 Å². The molecule has 1 aromatic carbocycles. The lowest BCUT2D eigenvalue weighted by molar-refractivity contribution is -0.137. The summed E-state index contributed by atoms with van der Waals surface area (Å²) in [4.78, 5) is 18.6. The van der Waals surface area contributed by atoms with E-state index >= 15 is 0 Å². The van der Waals surface area contributed by atoms with Crippen molar-refractivity contribution in [3.8, 4) is 0 Å². The molecule has 2 aliphatic heterocycles. The van der Waals surface area contributed by atoms with Crippen molar-refractivity contribution >= 4 is 5.91 Å². The first-order chi connectivity index (χ1) is 14.7. The lowest BCUT2D eigenvalue weighted by atomic mass is 9.98. The minimum absolute atomic E-state index is 0.135. The van der Waals surface area contributed by atoms with E-state index < -0.39 is 11.7 Å². The molecule has 3 rings (SSSR count). The fraction of sp³-hybridized carbons (Fsp3) is 0.696. The third-order valence-electron chi connectivity index (χ3n) is 6.44. The number of hydrogen-bond donors (Lipinski definition) is 0. The molecule has 1 amide bonds. The summed E-state index contributed by atoms with van der Waals surface area (Å²) >= 11 is 0. The molecule has 0 spiro atoms. The summed E-state index contributed by atoms with van der Waals surface area (Å²) in [6.07, 6.45) is -0.199. The Morgan fingerprint density at radius 3 is 2.39 bits per heavy atom. The van der Waals surface area contributed by atoms with Crippen LogP contribution in [0.4, 0.5) is 13.2 Å². The van der Waals surface area contributed by atoms with Gasteiger partial charge in [0, 0.05) is 64.9 Å². The zero-order chi connectivity index (χ0) is 22.4. The van der Waals surface area contributed by atoms with Crippen LogP contribution in [0.1, 0.15) is 43.7 Å². The maximum atomic E-state index is 12.8. The Morgan fingerprint density at radius 1 is 1.10 bits per heavy atom. The van der Waals surface area contributed by atoms with Gasteiger partial charge in [0.25, 0.3) is 0 Å². The Labute approximate surface area is 183 Å². The molecule has 0 saturated carbocycles. The number of piperidine rings is 1. The average molecular weight is 442 g/mol. The number of alkyl halides is 3. The van der Waals surface area contributed by atoms with Crippen molar-refractivity contribution in [2.75, 3.05) is 46.4 Å². The van der Waals surface area contributed by atoms with E-state index in [1.807, 2.05) is 11.9 Å². The number of benzene rings is 1. The van der Waals surface area contributed by atoms with Gasteiger partial charge in [0.05, 0.1) is 5.56 Å². The zero-order valence-corrected chi connectivity index (χ0v) is 18.5. The Bertz CT molecular complexity index is 705. The molecule has 2 aliphatic rings. The molecule has 1 atom stereocenters. The quantitative estimate of drug-likeness (QED) is 0.648. The number of amides is 1. The molecular formula is C23H34F3N3O2. The van der Waals surface area contributed by atoms with Crippen LogP contribution in [0.5, 0.6) is 0 Å². The minimum atomic E-state index is -4.30. The van der Waals surface area contributed by atoms with Crippen LogP contribution in [-0.2, 0) is 22.3 Å². The van der Waals surface area contributed by atoms with E-state index in [4.69, 9.17) is 4.74 Å². The molecule has 8 heteroatoms. The van der Waals surface area contributed by atoms with Gasteiger partial charge in [-0.1, -0.05) is 12.1 Å². The molecule has 0 N–H and O–H groups in total. The summed E-state index contributed by atoms with van der Waals surface area (Å²) in [6, 6.07) is 6.21. The number of likely N-dealkylation sites (N-methyl/N-ethyl adjacent to an activating group) is 1. The summed E-state index contributed by atoms with van der Waals surface area (Å²) in [6.45, 7) is 7.07. The monoisotopic (exact) mass is 441 g/mol. The number of rotatable bonds is 7. The SMILES string of the molecule is CC(=O)N1CCCC(N(CCN(C)Cc2ccc(C(F)(F)F)cc2)C2CCOCC2)C1. The van der Waals surface area contributed by atoms with Gasteiger partial charge >= 0.3 is 6.18 Å². The van der Waals surface area contributed by atoms with Gasteiger partial charge in [0.2, 0.25) is 5.91 Å². The van der Waals surface area contributed by atoms with Crippen LogP contribution in [0.15, 0.2) is 24.3 Å². The molecule has 0 bridgehead atoms. The lowest BCUT2D eigenvalue weighted by Crippen LogP contribution is -2.55. The van der Waals surface area contributed by atoms with Crippen LogP contribution < -0.4 is 0 Å². The molecule has 2 heterocycles. The average Bonchev–Trinajstić information content (AvgIpc) is 2.74. The second-order valence-electron chi connectivity index (χ2n) is 8.77. The highest BCUT2D eigenvalue weighted by Crippen LogP contribution is 2.29. The van der Waals surface area contributed by atoms with Crippen molar-refractivity contribution in [3.05, 3.63) is 35.4 Å². The fourth-order valence-electron chi connectivity index (χ4n) is 4.67. The van der Waals surface area contributed by atoms with E-state index in [-0.39, 0.29) is 5.91 Å². The number of ether oxygens (including phenoxy) is 1. The van der Waals surface area contributed by atoms with Crippen molar-refractivity contribution in [3.63, 3.8) is 0 Å². The largest absolute Gasteiger partial charge is 0.416 e. The molecular weight excluding hydrogens is 407 g/mol. The van der Waals surface area contributed by atoms with Crippen LogP contribution in [0.2, 0.25) is 0 Å². The number of carbonyl (C=O) groups excluding carboxylic acids is 1. The highest BCUT2D eigenvalue weighted by molar-refractivity contribution is 5.73. The van der Waals surface area contributed by atoms with Crippen molar-refractivity contribution in [1.29, 1.82) is 0 Å². The van der Waals surface area contributed by atoms with Gasteiger partial charge in [-0.05, 0) is 50.4 Å². The van der Waals surface area contributed by atoms with Gasteiger partial charge in [0.15, 0.2) is 0 Å². The van der Waals surface area contributed by atoms with Crippen LogP contribution in [0.3, 0.4) is 0 Å². The maximum absolute atomic E-state index is 12.8. The standard InChI is InChI=1S/C23H34F3N3O2/c1-18(30)28-11-3-4-22(17-28)29(21-9-14-31-15-10-21)13-12-27(2)16-19-5-7-20(8-6-19)23(24,25)26/h5-8,21-22H,3-4,9-17H2,1-2H3. The van der Waals surface area contributed by atoms with E-state index in [0.717, 1.165) is 82.8 Å². The van der Waals surface area contributed by atoms with Crippen LogP contribution in [0.25, 0.3) is 0 Å². The summed E-state index contributed by atoms with van der Waals surface area (Å²) in [5.41, 5.74) is 0.255. The summed E-state index contributed by atoms with van der Waals surface area (Å²) < 4.78 is 43.9. The van der Waals surface area contributed by atoms with E-state index in [2.05, 4.69) is 9.80 Å². The van der Waals surface area contributed by atoms with Gasteiger partial charge in [-0.15, -0.1) is 0 Å². The number of halogens is 3. The van der Waals surface area contributed by atoms with Crippen LogP contribution >= 0.6 is 0 Å². The van der Waals surface area contributed by atoms with E-state index in [0.29, 0.717) is 18.6 Å². The molecule has 2 saturated heterocycles. The molecule has 1 aromatic rings. The Kier molecular flexibility index (Phi) is 8.36. The second-order valence-corrected chi connectivity index (χ2v) is 8.77. The van der Waals surface area contributed by atoms with Gasteiger partial charge in [0.1, 0.15) is 0 Å². The maximum Gasteiger partial charge on any atom is 0.416 e. The van der Waals surface area contributed by atoms with E-state index in [9.17, 15) is 18.0 Å². The van der Waals surface area contributed by atoms with Gasteiger partial charge in [-0.2, -0.15) is 13.2 Å². The molecule has 174 valence electrons. The highest BCUT2D eigenvalue weighted by Gasteiger charge is 2.32. The summed E-state index contributed by atoms with van der Waals surface area (Å²) in [7, 11) is 2.00. The first-order valence-corrected chi connectivity index (χ1v) is 11.2. The Hall–Kier alpha value is -1.64. The van der Waals surface area contributed by atoms with Crippen molar-refractivity contribution < 1.29 is 22.7 Å². The molecule has 2 fully saturated rings. The predicted octanol–water partition coefficient (Wildman–Crippen LogP) is 3.63. The lowest BCUT2D eigenvalue weighted by Gasteiger charge is -2.44. The Balaban J connectivity index is 1.59. The van der Waals surface area contributed by atoms with Crippen LogP contribution in [0, 0.1) is 0 Å². The fourth-order valence-corrected chi connectivity index (χ4v) is 4.67. The molecule has 0 radical (unpaired) electrons. The molecule has 1 unspecified atom stereocenters. The van der Waals surface area contributed by atoms with E-state index in [1.54, 1.807) is 19.1 Å². The smallest absolute Gasteiger partial charge is 0.381 e. The minimum Gasteiger partial charge on any atom is -0.381 e. The number of likely N-dealkylation sites (tertiary alicyclic amines) is 1. The molecule has 0 aromatic heterocycles. The third kappa shape index (κ3) is 6.92. The van der Waals surface area contributed by atoms with Gasteiger partial charge < -0.3 is 14.5 Å². The first-order valence-electron chi connectivity index (χ1n) is 11.2. The second kappa shape index (κ2) is 10.8.